The van der Waals surface area contributed by atoms with Crippen molar-refractivity contribution in [2.24, 2.45) is 0 Å². The number of carbonyl (C=O) groups excluding carboxylic acids is 1. The minimum Gasteiger partial charge on any atom is -0.468 e. The summed E-state index contributed by atoms with van der Waals surface area (Å²) in [5.74, 6) is 0.517. The van der Waals surface area contributed by atoms with Crippen LogP contribution < -0.4 is 4.72 Å². The number of carbonyl (C=O) groups is 1. The summed E-state index contributed by atoms with van der Waals surface area (Å²) in [6.45, 7) is 1.85. The quantitative estimate of drug-likeness (QED) is 0.829. The standard InChI is InChI=1S/C14H15NO4S/c1-2-14(16)11-5-7-13(8-6-11)20(17,18)15-10-12-4-3-9-19-12/h3-9,15H,2,10H2,1H3. The van der Waals surface area contributed by atoms with Crippen LogP contribution in [0.1, 0.15) is 29.5 Å². The van der Waals surface area contributed by atoms with Gasteiger partial charge in [-0.3, -0.25) is 4.79 Å². The van der Waals surface area contributed by atoms with Gasteiger partial charge in [-0.2, -0.15) is 0 Å². The molecule has 0 atom stereocenters. The second-order valence-corrected chi connectivity index (χ2v) is 5.97. The molecule has 0 fully saturated rings. The van der Waals surface area contributed by atoms with Crippen molar-refractivity contribution in [1.82, 2.24) is 4.72 Å². The summed E-state index contributed by atoms with van der Waals surface area (Å²) in [5, 5.41) is 0. The number of hydrogen-bond donors (Lipinski definition) is 1. The predicted molar refractivity (Wildman–Crippen MR) is 73.8 cm³/mol. The van der Waals surface area contributed by atoms with Crippen LogP contribution in [0, 0.1) is 0 Å². The Labute approximate surface area is 117 Å². The fraction of sp³-hybridized carbons (Fsp3) is 0.214. The number of furan rings is 1. The number of ketones is 1. The molecular weight excluding hydrogens is 278 g/mol. The smallest absolute Gasteiger partial charge is 0.240 e. The first-order chi connectivity index (χ1) is 9.53. The molecule has 0 bridgehead atoms. The Kier molecular flexibility index (Phi) is 4.36. The Bertz CT molecular complexity index is 672. The highest BCUT2D eigenvalue weighted by molar-refractivity contribution is 7.89. The molecule has 20 heavy (non-hydrogen) atoms. The van der Waals surface area contributed by atoms with Crippen LogP contribution in [0.25, 0.3) is 0 Å². The van der Waals surface area contributed by atoms with Gasteiger partial charge in [-0.05, 0) is 24.3 Å². The van der Waals surface area contributed by atoms with Gasteiger partial charge in [-0.25, -0.2) is 13.1 Å². The van der Waals surface area contributed by atoms with Crippen molar-refractivity contribution in [2.45, 2.75) is 24.8 Å². The summed E-state index contributed by atoms with van der Waals surface area (Å²) in [7, 11) is -3.61. The SMILES string of the molecule is CCC(=O)c1ccc(S(=O)(=O)NCc2ccco2)cc1. The first-order valence-corrected chi connectivity index (χ1v) is 7.66. The molecule has 0 saturated heterocycles. The van der Waals surface area contributed by atoms with E-state index >= 15 is 0 Å². The van der Waals surface area contributed by atoms with Gasteiger partial charge in [-0.15, -0.1) is 0 Å². The van der Waals surface area contributed by atoms with Crippen LogP contribution in [0.2, 0.25) is 0 Å². The van der Waals surface area contributed by atoms with E-state index in [1.807, 2.05) is 0 Å². The van der Waals surface area contributed by atoms with Crippen LogP contribution >= 0.6 is 0 Å². The molecule has 2 aromatic rings. The van der Waals surface area contributed by atoms with Crippen LogP contribution in [0.5, 0.6) is 0 Å². The Morgan fingerprint density at radius 1 is 1.20 bits per heavy atom. The third-order valence-electron chi connectivity index (χ3n) is 2.82. The molecular formula is C14H15NO4S. The van der Waals surface area contributed by atoms with Crippen molar-refractivity contribution in [3.05, 3.63) is 54.0 Å². The lowest BCUT2D eigenvalue weighted by Crippen LogP contribution is -2.23. The highest BCUT2D eigenvalue weighted by atomic mass is 32.2. The van der Waals surface area contributed by atoms with Crippen molar-refractivity contribution in [3.63, 3.8) is 0 Å². The predicted octanol–water partition coefficient (Wildman–Crippen LogP) is 2.35. The molecule has 6 heteroatoms. The molecule has 0 aliphatic carbocycles. The number of rotatable bonds is 6. The van der Waals surface area contributed by atoms with Gasteiger partial charge >= 0.3 is 0 Å². The van der Waals surface area contributed by atoms with Crippen LogP contribution in [0.4, 0.5) is 0 Å². The molecule has 0 spiro atoms. The fourth-order valence-electron chi connectivity index (χ4n) is 1.69. The Morgan fingerprint density at radius 3 is 2.45 bits per heavy atom. The molecule has 0 unspecified atom stereocenters. The Balaban J connectivity index is 2.11. The Morgan fingerprint density at radius 2 is 1.90 bits per heavy atom. The lowest BCUT2D eigenvalue weighted by molar-refractivity contribution is 0.0988. The number of Topliss-reactive ketones (excluding diaryl/α,β-unsaturated/α-hetero) is 1. The molecule has 106 valence electrons. The molecule has 1 aromatic heterocycles. The highest BCUT2D eigenvalue weighted by Crippen LogP contribution is 2.12. The largest absolute Gasteiger partial charge is 0.468 e. The van der Waals surface area contributed by atoms with E-state index in [1.54, 1.807) is 19.1 Å². The zero-order valence-corrected chi connectivity index (χ0v) is 11.8. The van der Waals surface area contributed by atoms with Gasteiger partial charge in [0.1, 0.15) is 5.76 Å². The van der Waals surface area contributed by atoms with Crippen molar-refractivity contribution in [2.75, 3.05) is 0 Å². The monoisotopic (exact) mass is 293 g/mol. The number of nitrogens with one attached hydrogen (secondary N) is 1. The van der Waals surface area contributed by atoms with Crippen LogP contribution in [-0.4, -0.2) is 14.2 Å². The molecule has 1 heterocycles. The molecule has 0 aliphatic heterocycles. The van der Waals surface area contributed by atoms with Gasteiger partial charge in [0.05, 0.1) is 17.7 Å². The first-order valence-electron chi connectivity index (χ1n) is 6.18. The van der Waals surface area contributed by atoms with Crippen molar-refractivity contribution < 1.29 is 17.6 Å². The van der Waals surface area contributed by atoms with E-state index in [9.17, 15) is 13.2 Å². The minimum absolute atomic E-state index is 0.0162. The normalized spacial score (nSPS) is 11.4. The van der Waals surface area contributed by atoms with E-state index < -0.39 is 10.0 Å². The Hall–Kier alpha value is -1.92. The summed E-state index contributed by atoms with van der Waals surface area (Å²) in [5.41, 5.74) is 0.512. The molecule has 1 N–H and O–H groups in total. The summed E-state index contributed by atoms with van der Waals surface area (Å²) in [6, 6.07) is 9.27. The van der Waals surface area contributed by atoms with Crippen LogP contribution in [0.3, 0.4) is 0 Å². The van der Waals surface area contributed by atoms with E-state index in [2.05, 4.69) is 4.72 Å². The van der Waals surface area contributed by atoms with Crippen LogP contribution in [0.15, 0.2) is 52.0 Å². The first kappa shape index (κ1) is 14.5. The van der Waals surface area contributed by atoms with E-state index in [0.717, 1.165) is 0 Å². The molecule has 0 amide bonds. The maximum atomic E-state index is 12.0. The minimum atomic E-state index is -3.61. The molecule has 0 aliphatic rings. The number of sulfonamides is 1. The second-order valence-electron chi connectivity index (χ2n) is 4.21. The van der Waals surface area contributed by atoms with Crippen molar-refractivity contribution in [3.8, 4) is 0 Å². The van der Waals surface area contributed by atoms with Crippen LogP contribution in [-0.2, 0) is 16.6 Å². The van der Waals surface area contributed by atoms with Gasteiger partial charge < -0.3 is 4.42 Å². The van der Waals surface area contributed by atoms with E-state index in [-0.39, 0.29) is 17.2 Å². The van der Waals surface area contributed by atoms with Gasteiger partial charge in [0.25, 0.3) is 0 Å². The van der Waals surface area contributed by atoms with E-state index in [0.29, 0.717) is 17.7 Å². The molecule has 2 rings (SSSR count). The van der Waals surface area contributed by atoms with E-state index in [4.69, 9.17) is 4.42 Å². The summed E-state index contributed by atoms with van der Waals surface area (Å²) in [4.78, 5) is 11.6. The van der Waals surface area contributed by atoms with Gasteiger partial charge in [0.15, 0.2) is 5.78 Å². The highest BCUT2D eigenvalue weighted by Gasteiger charge is 2.14. The van der Waals surface area contributed by atoms with Gasteiger partial charge in [-0.1, -0.05) is 19.1 Å². The maximum Gasteiger partial charge on any atom is 0.240 e. The van der Waals surface area contributed by atoms with Crippen molar-refractivity contribution >= 4 is 15.8 Å². The average molecular weight is 293 g/mol. The van der Waals surface area contributed by atoms with E-state index in [1.165, 1.54) is 30.5 Å². The fourth-order valence-corrected chi connectivity index (χ4v) is 2.68. The third-order valence-corrected chi connectivity index (χ3v) is 4.24. The summed E-state index contributed by atoms with van der Waals surface area (Å²) in [6.07, 6.45) is 1.87. The molecule has 0 radical (unpaired) electrons. The van der Waals surface area contributed by atoms with Gasteiger partial charge in [0, 0.05) is 12.0 Å². The summed E-state index contributed by atoms with van der Waals surface area (Å²) >= 11 is 0. The van der Waals surface area contributed by atoms with Gasteiger partial charge in [0.2, 0.25) is 10.0 Å². The zero-order valence-electron chi connectivity index (χ0n) is 11.0. The number of hydrogen-bond acceptors (Lipinski definition) is 4. The molecule has 1 aromatic carbocycles. The topological polar surface area (TPSA) is 76.4 Å². The molecule has 0 saturated carbocycles. The lowest BCUT2D eigenvalue weighted by atomic mass is 10.1. The lowest BCUT2D eigenvalue weighted by Gasteiger charge is -2.06. The third kappa shape index (κ3) is 3.34. The maximum absolute atomic E-state index is 12.0. The molecule has 5 nitrogen and oxygen atoms in total. The summed E-state index contributed by atoms with van der Waals surface area (Å²) < 4.78 is 31.6. The zero-order chi connectivity index (χ0) is 14.6. The number of benzene rings is 1. The average Bonchev–Trinajstić information content (AvgIpc) is 2.98. The second kappa shape index (κ2) is 6.02. The van der Waals surface area contributed by atoms with Crippen molar-refractivity contribution in [1.29, 1.82) is 0 Å².